The van der Waals surface area contributed by atoms with Crippen LogP contribution in [0.15, 0.2) is 11.8 Å². The molecule has 0 radical (unpaired) electrons. The molecule has 0 bridgehead atoms. The zero-order valence-corrected chi connectivity index (χ0v) is 9.19. The second-order valence-electron chi connectivity index (χ2n) is 2.88. The smallest absolute Gasteiger partial charge is 0.269 e. The summed E-state index contributed by atoms with van der Waals surface area (Å²) in [5.74, 6) is -0.363. The highest BCUT2D eigenvalue weighted by molar-refractivity contribution is 5.95. The van der Waals surface area contributed by atoms with Crippen molar-refractivity contribution in [2.75, 3.05) is 27.8 Å². The lowest BCUT2D eigenvalue weighted by molar-refractivity contribution is -0.139. The maximum Gasteiger partial charge on any atom is 0.269 e. The summed E-state index contributed by atoms with van der Waals surface area (Å²) >= 11 is 0. The zero-order valence-electron chi connectivity index (χ0n) is 9.19. The highest BCUT2D eigenvalue weighted by atomic mass is 16.7. The fraction of sp³-hybridized carbons (Fsp3) is 0.556. The Morgan fingerprint density at radius 3 is 2.47 bits per heavy atom. The number of hydrogen-bond acceptors (Lipinski definition) is 5. The number of likely N-dealkylation sites (N-methyl/N-ethyl adjacent to an activating group) is 1. The summed E-state index contributed by atoms with van der Waals surface area (Å²) in [6, 6.07) is 0. The van der Waals surface area contributed by atoms with Gasteiger partial charge in [0.25, 0.3) is 5.91 Å². The molecule has 0 unspecified atom stereocenters. The van der Waals surface area contributed by atoms with Crippen molar-refractivity contribution >= 4 is 12.1 Å². The van der Waals surface area contributed by atoms with Gasteiger partial charge >= 0.3 is 0 Å². The molecule has 0 aromatic heterocycles. The molecule has 0 aromatic carbocycles. The Morgan fingerprint density at radius 1 is 1.53 bits per heavy atom. The van der Waals surface area contributed by atoms with E-state index >= 15 is 0 Å². The van der Waals surface area contributed by atoms with Gasteiger partial charge in [-0.15, -0.1) is 0 Å². The topological polar surface area (TPSA) is 88.6 Å². The van der Waals surface area contributed by atoms with Crippen LogP contribution in [-0.2, 0) is 14.3 Å². The Labute approximate surface area is 89.1 Å². The standard InChI is InChI=1S/C9H17N3O3/c1-12(6-8(14-2)15-3)9(13)7(11)4-5-10/h4-5,8,10H,6,11H2,1-3H3/b7-4-,10-5?. The molecular weight excluding hydrogens is 198 g/mol. The van der Waals surface area contributed by atoms with Crippen molar-refractivity contribution in [3.8, 4) is 0 Å². The van der Waals surface area contributed by atoms with Crippen molar-refractivity contribution < 1.29 is 14.3 Å². The van der Waals surface area contributed by atoms with E-state index in [2.05, 4.69) is 0 Å². The first-order chi connectivity index (χ1) is 7.06. The van der Waals surface area contributed by atoms with Crippen LogP contribution in [0.3, 0.4) is 0 Å². The average molecular weight is 215 g/mol. The molecule has 0 saturated carbocycles. The molecule has 6 nitrogen and oxygen atoms in total. The van der Waals surface area contributed by atoms with Gasteiger partial charge in [0.2, 0.25) is 0 Å². The first-order valence-electron chi connectivity index (χ1n) is 4.34. The van der Waals surface area contributed by atoms with Crippen LogP contribution in [0.5, 0.6) is 0 Å². The van der Waals surface area contributed by atoms with Crippen molar-refractivity contribution in [2.24, 2.45) is 5.73 Å². The fourth-order valence-electron chi connectivity index (χ4n) is 0.933. The van der Waals surface area contributed by atoms with Gasteiger partial charge in [-0.3, -0.25) is 4.79 Å². The number of carbonyl (C=O) groups excluding carboxylic acids is 1. The van der Waals surface area contributed by atoms with E-state index in [0.717, 1.165) is 6.21 Å². The second kappa shape index (κ2) is 6.97. The van der Waals surface area contributed by atoms with Gasteiger partial charge in [0.15, 0.2) is 6.29 Å². The minimum atomic E-state index is -0.480. The second-order valence-corrected chi connectivity index (χ2v) is 2.88. The third-order valence-electron chi connectivity index (χ3n) is 1.81. The summed E-state index contributed by atoms with van der Waals surface area (Å²) in [7, 11) is 4.56. The molecule has 0 rings (SSSR count). The van der Waals surface area contributed by atoms with Crippen molar-refractivity contribution in [3.63, 3.8) is 0 Å². The van der Waals surface area contributed by atoms with E-state index in [4.69, 9.17) is 20.6 Å². The summed E-state index contributed by atoms with van der Waals surface area (Å²) in [5.41, 5.74) is 5.44. The quantitative estimate of drug-likeness (QED) is 0.357. The van der Waals surface area contributed by atoms with Gasteiger partial charge in [0.1, 0.15) is 0 Å². The van der Waals surface area contributed by atoms with E-state index in [1.807, 2.05) is 0 Å². The Balaban J connectivity index is 4.32. The predicted octanol–water partition coefficient (Wildman–Crippen LogP) is -0.444. The number of nitrogens with zero attached hydrogens (tertiary/aromatic N) is 1. The molecule has 3 N–H and O–H groups in total. The molecule has 0 fully saturated rings. The number of methoxy groups -OCH3 is 2. The third-order valence-corrected chi connectivity index (χ3v) is 1.81. The van der Waals surface area contributed by atoms with Crippen LogP contribution in [0.25, 0.3) is 0 Å². The van der Waals surface area contributed by atoms with Crippen LogP contribution in [0.2, 0.25) is 0 Å². The van der Waals surface area contributed by atoms with Gasteiger partial charge in [-0.25, -0.2) is 0 Å². The van der Waals surface area contributed by atoms with Crippen LogP contribution >= 0.6 is 0 Å². The minimum Gasteiger partial charge on any atom is -0.394 e. The van der Waals surface area contributed by atoms with Gasteiger partial charge in [-0.2, -0.15) is 0 Å². The highest BCUT2D eigenvalue weighted by Gasteiger charge is 2.16. The first-order valence-corrected chi connectivity index (χ1v) is 4.34. The van der Waals surface area contributed by atoms with Gasteiger partial charge < -0.3 is 25.5 Å². The first kappa shape index (κ1) is 13.6. The normalized spacial score (nSPS) is 11.6. The molecule has 86 valence electrons. The minimum absolute atomic E-state index is 0.0125. The molecule has 0 atom stereocenters. The predicted molar refractivity (Wildman–Crippen MR) is 56.5 cm³/mol. The number of nitrogens with one attached hydrogen (secondary N) is 1. The number of carbonyl (C=O) groups is 1. The van der Waals surface area contributed by atoms with E-state index in [1.165, 1.54) is 25.2 Å². The molecule has 0 spiro atoms. The van der Waals surface area contributed by atoms with Crippen LogP contribution in [-0.4, -0.2) is 51.1 Å². The van der Waals surface area contributed by atoms with E-state index in [1.54, 1.807) is 7.05 Å². The van der Waals surface area contributed by atoms with Gasteiger partial charge in [-0.05, 0) is 6.08 Å². The molecule has 0 aromatic rings. The van der Waals surface area contributed by atoms with Gasteiger partial charge in [-0.1, -0.05) is 0 Å². The molecule has 15 heavy (non-hydrogen) atoms. The molecule has 0 aliphatic heterocycles. The van der Waals surface area contributed by atoms with Crippen LogP contribution in [0.4, 0.5) is 0 Å². The van der Waals surface area contributed by atoms with E-state index in [0.29, 0.717) is 0 Å². The number of nitrogens with two attached hydrogens (primary N) is 1. The number of amides is 1. The molecule has 0 saturated heterocycles. The Kier molecular flexibility index (Phi) is 6.32. The van der Waals surface area contributed by atoms with Crippen LogP contribution in [0.1, 0.15) is 0 Å². The number of allylic oxidation sites excluding steroid dienone is 1. The number of hydrogen-bond donors (Lipinski definition) is 2. The maximum atomic E-state index is 11.5. The molecular formula is C9H17N3O3. The molecule has 0 heterocycles. The number of rotatable bonds is 6. The Bertz CT molecular complexity index is 249. The third kappa shape index (κ3) is 4.57. The summed E-state index contributed by atoms with van der Waals surface area (Å²) in [6.45, 7) is 0.276. The van der Waals surface area contributed by atoms with Crippen molar-refractivity contribution in [1.82, 2.24) is 4.90 Å². The highest BCUT2D eigenvalue weighted by Crippen LogP contribution is 1.98. The summed E-state index contributed by atoms with van der Waals surface area (Å²) in [5, 5.41) is 6.78. The molecule has 6 heteroatoms. The van der Waals surface area contributed by atoms with Crippen molar-refractivity contribution in [2.45, 2.75) is 6.29 Å². The Hall–Kier alpha value is -1.40. The Morgan fingerprint density at radius 2 is 2.07 bits per heavy atom. The lowest BCUT2D eigenvalue weighted by Crippen LogP contribution is -2.38. The molecule has 1 amide bonds. The summed E-state index contributed by atoms with van der Waals surface area (Å²) < 4.78 is 9.88. The monoisotopic (exact) mass is 215 g/mol. The zero-order chi connectivity index (χ0) is 11.8. The van der Waals surface area contributed by atoms with Crippen LogP contribution in [0, 0.1) is 5.41 Å². The maximum absolute atomic E-state index is 11.5. The number of ether oxygens (including phenoxy) is 2. The van der Waals surface area contributed by atoms with Crippen molar-refractivity contribution in [1.29, 1.82) is 5.41 Å². The summed E-state index contributed by atoms with van der Waals surface area (Å²) in [6.07, 6.45) is 1.71. The van der Waals surface area contributed by atoms with Crippen molar-refractivity contribution in [3.05, 3.63) is 11.8 Å². The molecule has 0 aliphatic carbocycles. The van der Waals surface area contributed by atoms with E-state index < -0.39 is 6.29 Å². The lowest BCUT2D eigenvalue weighted by atomic mass is 10.3. The SMILES string of the molecule is COC(CN(C)C(=O)/C(N)=C/C=N)OC. The molecule has 0 aliphatic rings. The van der Waals surface area contributed by atoms with Gasteiger partial charge in [0, 0.05) is 27.5 Å². The van der Waals surface area contributed by atoms with Crippen LogP contribution < -0.4 is 5.73 Å². The van der Waals surface area contributed by atoms with E-state index in [9.17, 15) is 4.79 Å². The summed E-state index contributed by atoms with van der Waals surface area (Å²) in [4.78, 5) is 12.9. The van der Waals surface area contributed by atoms with E-state index in [-0.39, 0.29) is 18.1 Å². The van der Waals surface area contributed by atoms with Gasteiger partial charge in [0.05, 0.1) is 12.2 Å². The largest absolute Gasteiger partial charge is 0.394 e. The fourth-order valence-corrected chi connectivity index (χ4v) is 0.933. The average Bonchev–Trinajstić information content (AvgIpc) is 2.24. The lowest BCUT2D eigenvalue weighted by Gasteiger charge is -2.22.